The monoisotopic (exact) mass is 452 g/mol. The van der Waals surface area contributed by atoms with Crippen molar-refractivity contribution >= 4 is 0 Å². The molecule has 0 saturated carbocycles. The Balaban J connectivity index is 2.01. The van der Waals surface area contributed by atoms with Gasteiger partial charge in [0.05, 0.1) is 12.7 Å². The third-order valence-electron chi connectivity index (χ3n) is 5.95. The molecule has 10 nitrogen and oxygen atoms in total. The van der Waals surface area contributed by atoms with Crippen LogP contribution in [0.15, 0.2) is 0 Å². The lowest BCUT2D eigenvalue weighted by molar-refractivity contribution is -0.366. The van der Waals surface area contributed by atoms with E-state index >= 15 is 0 Å². The number of ether oxygens (including phenoxy) is 5. The minimum absolute atomic E-state index is 0.356. The van der Waals surface area contributed by atoms with Crippen molar-refractivity contribution in [1.29, 1.82) is 0 Å². The van der Waals surface area contributed by atoms with Crippen molar-refractivity contribution in [2.45, 2.75) is 114 Å². The molecule has 0 bridgehead atoms. The number of hydrogen-bond donors (Lipinski definition) is 5. The van der Waals surface area contributed by atoms with Crippen molar-refractivity contribution in [3.63, 3.8) is 0 Å². The third-order valence-corrected chi connectivity index (χ3v) is 5.95. The van der Waals surface area contributed by atoms with E-state index < -0.39 is 68.0 Å². The summed E-state index contributed by atoms with van der Waals surface area (Å²) in [5, 5.41) is 50.7. The molecule has 2 heterocycles. The number of methoxy groups -OCH3 is 1. The van der Waals surface area contributed by atoms with Gasteiger partial charge < -0.3 is 49.2 Å². The molecule has 10 heteroatoms. The lowest BCUT2D eigenvalue weighted by Crippen LogP contribution is -2.64. The molecule has 0 aliphatic carbocycles. The lowest BCUT2D eigenvalue weighted by Gasteiger charge is -2.46. The number of aliphatic hydroxyl groups excluding tert-OH is 5. The van der Waals surface area contributed by atoms with E-state index in [-0.39, 0.29) is 0 Å². The van der Waals surface area contributed by atoms with Gasteiger partial charge in [-0.15, -0.1) is 0 Å². The fourth-order valence-electron chi connectivity index (χ4n) is 3.93. The predicted octanol–water partition coefficient (Wildman–Crippen LogP) is -0.331. The highest BCUT2D eigenvalue weighted by atomic mass is 16.8. The van der Waals surface area contributed by atoms with Gasteiger partial charge >= 0.3 is 0 Å². The Morgan fingerprint density at radius 1 is 0.774 bits per heavy atom. The van der Waals surface area contributed by atoms with Crippen LogP contribution in [-0.2, 0) is 23.7 Å². The van der Waals surface area contributed by atoms with Gasteiger partial charge in [0.25, 0.3) is 0 Å². The lowest BCUT2D eigenvalue weighted by atomic mass is 9.97. The van der Waals surface area contributed by atoms with Crippen molar-refractivity contribution in [3.05, 3.63) is 0 Å². The van der Waals surface area contributed by atoms with Gasteiger partial charge in [0.15, 0.2) is 12.6 Å². The van der Waals surface area contributed by atoms with Crippen molar-refractivity contribution in [2.24, 2.45) is 0 Å². The molecule has 184 valence electrons. The standard InChI is InChI=1S/C21H40O10/c1-4-5-6-7-8-9-10-28-20-19(17(26)15(24)13(11-22)30-20)31-21-18(27-3)16(25)14(23)12(2)29-21/h12-26H,4-11H2,1-3H3/t12-,13+,14+,15-,16+,17-,18-,19+,20+,21-/m0/s1. The van der Waals surface area contributed by atoms with Gasteiger partial charge in [-0.25, -0.2) is 0 Å². The molecule has 2 saturated heterocycles. The van der Waals surface area contributed by atoms with Crippen LogP contribution in [0.1, 0.15) is 52.4 Å². The van der Waals surface area contributed by atoms with Crippen LogP contribution in [0.2, 0.25) is 0 Å². The summed E-state index contributed by atoms with van der Waals surface area (Å²) in [5.74, 6) is 0. The highest BCUT2D eigenvalue weighted by molar-refractivity contribution is 4.93. The maximum atomic E-state index is 10.6. The predicted molar refractivity (Wildman–Crippen MR) is 109 cm³/mol. The van der Waals surface area contributed by atoms with Crippen LogP contribution in [0.3, 0.4) is 0 Å². The van der Waals surface area contributed by atoms with E-state index in [4.69, 9.17) is 23.7 Å². The molecule has 2 fully saturated rings. The van der Waals surface area contributed by atoms with Gasteiger partial charge in [-0.05, 0) is 13.3 Å². The molecule has 0 radical (unpaired) electrons. The van der Waals surface area contributed by atoms with E-state index in [0.29, 0.717) is 6.61 Å². The summed E-state index contributed by atoms with van der Waals surface area (Å²) in [7, 11) is 1.34. The van der Waals surface area contributed by atoms with Crippen LogP contribution in [0.4, 0.5) is 0 Å². The Bertz CT molecular complexity index is 495. The fraction of sp³-hybridized carbons (Fsp3) is 1.00. The number of rotatable bonds is 12. The summed E-state index contributed by atoms with van der Waals surface area (Å²) < 4.78 is 28.2. The van der Waals surface area contributed by atoms with Crippen LogP contribution in [-0.4, -0.2) is 107 Å². The average molecular weight is 453 g/mol. The second-order valence-corrected chi connectivity index (χ2v) is 8.34. The van der Waals surface area contributed by atoms with Crippen molar-refractivity contribution in [3.8, 4) is 0 Å². The van der Waals surface area contributed by atoms with Crippen LogP contribution in [0.5, 0.6) is 0 Å². The van der Waals surface area contributed by atoms with Crippen LogP contribution >= 0.6 is 0 Å². The van der Waals surface area contributed by atoms with Crippen LogP contribution in [0, 0.1) is 0 Å². The third kappa shape index (κ3) is 7.04. The van der Waals surface area contributed by atoms with Gasteiger partial charge in [0.2, 0.25) is 0 Å². The van der Waals surface area contributed by atoms with E-state index in [0.717, 1.165) is 19.3 Å². The second kappa shape index (κ2) is 13.3. The SMILES string of the molecule is CCCCCCCCO[C@@H]1O[C@H](CO)[C@H](O)[C@H](O)[C@H]1O[C@@H]1O[C@@H](C)[C@@H](O)[C@@H](O)[C@@H]1OC. The molecular formula is C21H40O10. The first-order valence-electron chi connectivity index (χ1n) is 11.3. The van der Waals surface area contributed by atoms with Crippen molar-refractivity contribution < 1.29 is 49.2 Å². The zero-order valence-electron chi connectivity index (χ0n) is 18.7. The molecule has 5 N–H and O–H groups in total. The molecule has 0 aromatic carbocycles. The Morgan fingerprint density at radius 2 is 1.42 bits per heavy atom. The first kappa shape index (κ1) is 26.8. The summed E-state index contributed by atoms with van der Waals surface area (Å²) >= 11 is 0. The van der Waals surface area contributed by atoms with Gasteiger partial charge in [0.1, 0.15) is 42.7 Å². The first-order chi connectivity index (χ1) is 14.8. The number of unbranched alkanes of at least 4 members (excludes halogenated alkanes) is 5. The Labute approximate surface area is 184 Å². The topological polar surface area (TPSA) is 147 Å². The fourth-order valence-corrected chi connectivity index (χ4v) is 3.93. The number of aliphatic hydroxyl groups is 5. The average Bonchev–Trinajstić information content (AvgIpc) is 2.76. The largest absolute Gasteiger partial charge is 0.394 e. The van der Waals surface area contributed by atoms with Crippen molar-refractivity contribution in [1.82, 2.24) is 0 Å². The molecule has 0 aromatic rings. The zero-order chi connectivity index (χ0) is 23.0. The molecule has 10 atom stereocenters. The Morgan fingerprint density at radius 3 is 2.06 bits per heavy atom. The highest BCUT2D eigenvalue weighted by Gasteiger charge is 2.50. The quantitative estimate of drug-likeness (QED) is 0.249. The molecule has 0 unspecified atom stereocenters. The van der Waals surface area contributed by atoms with Crippen LogP contribution < -0.4 is 0 Å². The van der Waals surface area contributed by atoms with E-state index in [9.17, 15) is 25.5 Å². The van der Waals surface area contributed by atoms with Gasteiger partial charge in [-0.1, -0.05) is 39.0 Å². The smallest absolute Gasteiger partial charge is 0.187 e. The van der Waals surface area contributed by atoms with Gasteiger partial charge in [0, 0.05) is 13.7 Å². The highest BCUT2D eigenvalue weighted by Crippen LogP contribution is 2.30. The molecular weight excluding hydrogens is 412 g/mol. The van der Waals surface area contributed by atoms with E-state index in [2.05, 4.69) is 6.92 Å². The second-order valence-electron chi connectivity index (χ2n) is 8.34. The normalized spacial score (nSPS) is 41.4. The number of hydrogen-bond acceptors (Lipinski definition) is 10. The minimum atomic E-state index is -1.43. The Kier molecular flexibility index (Phi) is 11.6. The summed E-state index contributed by atoms with van der Waals surface area (Å²) in [6.45, 7) is 3.59. The molecule has 0 spiro atoms. The zero-order valence-corrected chi connectivity index (χ0v) is 18.7. The maximum absolute atomic E-state index is 10.6. The molecule has 0 aromatic heterocycles. The van der Waals surface area contributed by atoms with E-state index in [1.165, 1.54) is 26.4 Å². The van der Waals surface area contributed by atoms with E-state index in [1.54, 1.807) is 6.92 Å². The van der Waals surface area contributed by atoms with Crippen molar-refractivity contribution in [2.75, 3.05) is 20.3 Å². The maximum Gasteiger partial charge on any atom is 0.187 e. The first-order valence-corrected chi connectivity index (χ1v) is 11.3. The molecule has 31 heavy (non-hydrogen) atoms. The summed E-state index contributed by atoms with van der Waals surface area (Å²) in [6, 6.07) is 0. The van der Waals surface area contributed by atoms with Gasteiger partial charge in [-0.2, -0.15) is 0 Å². The summed E-state index contributed by atoms with van der Waals surface area (Å²) in [6.07, 6.45) is -4.99. The summed E-state index contributed by atoms with van der Waals surface area (Å²) in [5.41, 5.74) is 0. The molecule has 2 rings (SSSR count). The van der Waals surface area contributed by atoms with E-state index in [1.807, 2.05) is 0 Å². The van der Waals surface area contributed by atoms with Crippen LogP contribution in [0.25, 0.3) is 0 Å². The molecule has 2 aliphatic heterocycles. The molecule has 2 aliphatic rings. The summed E-state index contributed by atoms with van der Waals surface area (Å²) in [4.78, 5) is 0. The Hall–Kier alpha value is -0.400. The van der Waals surface area contributed by atoms with Gasteiger partial charge in [-0.3, -0.25) is 0 Å². The minimum Gasteiger partial charge on any atom is -0.394 e. The molecule has 0 amide bonds.